The molecule has 2 amide bonds. The van der Waals surface area contributed by atoms with Crippen LogP contribution in [0.2, 0.25) is 0 Å². The van der Waals surface area contributed by atoms with Crippen molar-refractivity contribution in [3.63, 3.8) is 0 Å². The molecule has 2 N–H and O–H groups in total. The molecule has 0 spiro atoms. The van der Waals surface area contributed by atoms with Crippen molar-refractivity contribution in [2.75, 3.05) is 6.54 Å². The molecule has 194 valence electrons. The van der Waals surface area contributed by atoms with Crippen molar-refractivity contribution in [1.29, 1.82) is 0 Å². The van der Waals surface area contributed by atoms with Gasteiger partial charge in [-0.1, -0.05) is 54.6 Å². The molecule has 2 aromatic rings. The molecule has 2 aromatic carbocycles. The lowest BCUT2D eigenvalue weighted by Crippen LogP contribution is -2.52. The van der Waals surface area contributed by atoms with E-state index in [1.54, 1.807) is 13.8 Å². The first-order chi connectivity index (χ1) is 16.7. The summed E-state index contributed by atoms with van der Waals surface area (Å²) in [4.78, 5) is 15.5. The van der Waals surface area contributed by atoms with Gasteiger partial charge in [0.05, 0.1) is 28.4 Å². The predicted octanol–water partition coefficient (Wildman–Crippen LogP) is 4.91. The Bertz CT molecular complexity index is 1050. The number of amides is 2. The molecule has 7 heteroatoms. The number of carbonyl (C=O) groups excluding carboxylic acids is 1. The molecule has 0 aromatic heterocycles. The predicted molar refractivity (Wildman–Crippen MR) is 144 cm³/mol. The molecule has 6 nitrogen and oxygen atoms in total. The highest BCUT2D eigenvalue weighted by Crippen LogP contribution is 2.38. The highest BCUT2D eigenvalue weighted by Gasteiger charge is 2.51. The monoisotopic (exact) mass is 492 g/mol. The number of nitrogens with zero attached hydrogens (tertiary/aromatic N) is 1. The van der Waals surface area contributed by atoms with Crippen molar-refractivity contribution in [3.05, 3.63) is 65.7 Å². The standard InChI is InChI=1S/C29H41BN2O4/c1-21(22-14-16-24(17-15-22)30-35-27(4,5)28(6,7)36-30)32-19-11-18-29(31-25(32)33,20-26(2,3)34)23-12-9-8-10-13-23/h8-10,12-17,21,34H,11,18-20H2,1-7H3,(H,31,33)/t21-,29?/m0/s1. The molecule has 0 radical (unpaired) electrons. The Morgan fingerprint density at radius 3 is 2.17 bits per heavy atom. The number of rotatable bonds is 6. The van der Waals surface area contributed by atoms with Crippen molar-refractivity contribution in [2.45, 2.75) is 96.1 Å². The van der Waals surface area contributed by atoms with Crippen LogP contribution in [0.4, 0.5) is 4.79 Å². The summed E-state index contributed by atoms with van der Waals surface area (Å²) in [6, 6.07) is 18.0. The molecular weight excluding hydrogens is 451 g/mol. The quantitative estimate of drug-likeness (QED) is 0.563. The van der Waals surface area contributed by atoms with Gasteiger partial charge in [0.2, 0.25) is 0 Å². The van der Waals surface area contributed by atoms with E-state index in [4.69, 9.17) is 9.31 Å². The smallest absolute Gasteiger partial charge is 0.399 e. The zero-order chi connectivity index (χ0) is 26.4. The van der Waals surface area contributed by atoms with Crippen LogP contribution in [0.15, 0.2) is 54.6 Å². The fourth-order valence-corrected chi connectivity index (χ4v) is 5.40. The van der Waals surface area contributed by atoms with Gasteiger partial charge in [0.25, 0.3) is 0 Å². The van der Waals surface area contributed by atoms with Gasteiger partial charge >= 0.3 is 13.1 Å². The van der Waals surface area contributed by atoms with Crippen molar-refractivity contribution < 1.29 is 19.2 Å². The summed E-state index contributed by atoms with van der Waals surface area (Å²) in [6.45, 7) is 14.5. The van der Waals surface area contributed by atoms with Gasteiger partial charge in [-0.2, -0.15) is 0 Å². The van der Waals surface area contributed by atoms with Crippen LogP contribution in [-0.4, -0.2) is 46.5 Å². The fraction of sp³-hybridized carbons (Fsp3) is 0.552. The molecule has 2 aliphatic heterocycles. The maximum atomic E-state index is 13.6. The molecule has 2 heterocycles. The lowest BCUT2D eigenvalue weighted by atomic mass is 9.77. The summed E-state index contributed by atoms with van der Waals surface area (Å²) in [7, 11) is -0.408. The maximum Gasteiger partial charge on any atom is 0.494 e. The third-order valence-electron chi connectivity index (χ3n) is 8.08. The Kier molecular flexibility index (Phi) is 7.06. The second kappa shape index (κ2) is 9.51. The van der Waals surface area contributed by atoms with E-state index in [1.807, 2.05) is 47.4 Å². The second-order valence-corrected chi connectivity index (χ2v) is 12.1. The van der Waals surface area contributed by atoms with E-state index in [0.717, 1.165) is 29.4 Å². The molecular formula is C29H41BN2O4. The zero-order valence-electron chi connectivity index (χ0n) is 22.8. The van der Waals surface area contributed by atoms with Crippen LogP contribution in [0.1, 0.15) is 84.9 Å². The number of carbonyl (C=O) groups is 1. The molecule has 0 aliphatic carbocycles. The fourth-order valence-electron chi connectivity index (χ4n) is 5.40. The molecule has 2 atom stereocenters. The lowest BCUT2D eigenvalue weighted by Gasteiger charge is -2.39. The largest absolute Gasteiger partial charge is 0.494 e. The number of aliphatic hydroxyl groups is 1. The molecule has 2 fully saturated rings. The third kappa shape index (κ3) is 5.34. The Labute approximate surface area is 216 Å². The minimum atomic E-state index is -0.923. The zero-order valence-corrected chi connectivity index (χ0v) is 22.8. The van der Waals surface area contributed by atoms with Crippen LogP contribution in [0.3, 0.4) is 0 Å². The summed E-state index contributed by atoms with van der Waals surface area (Å²) >= 11 is 0. The minimum absolute atomic E-state index is 0.106. The Balaban J connectivity index is 1.53. The molecule has 36 heavy (non-hydrogen) atoms. The van der Waals surface area contributed by atoms with E-state index in [-0.39, 0.29) is 23.3 Å². The Morgan fingerprint density at radius 2 is 1.61 bits per heavy atom. The molecule has 4 rings (SSSR count). The summed E-state index contributed by atoms with van der Waals surface area (Å²) in [5.74, 6) is 0. The van der Waals surface area contributed by atoms with Crippen LogP contribution in [0.25, 0.3) is 0 Å². The van der Waals surface area contributed by atoms with E-state index in [0.29, 0.717) is 13.0 Å². The van der Waals surface area contributed by atoms with Gasteiger partial charge in [0.15, 0.2) is 0 Å². The van der Waals surface area contributed by atoms with Crippen LogP contribution >= 0.6 is 0 Å². The van der Waals surface area contributed by atoms with E-state index < -0.39 is 18.3 Å². The van der Waals surface area contributed by atoms with Gasteiger partial charge in [0, 0.05) is 13.0 Å². The first-order valence-electron chi connectivity index (χ1n) is 13.1. The van der Waals surface area contributed by atoms with Crippen molar-refractivity contribution >= 4 is 18.6 Å². The number of hydrogen-bond acceptors (Lipinski definition) is 4. The van der Waals surface area contributed by atoms with Gasteiger partial charge in [-0.15, -0.1) is 0 Å². The van der Waals surface area contributed by atoms with Crippen LogP contribution in [0.5, 0.6) is 0 Å². The third-order valence-corrected chi connectivity index (χ3v) is 8.08. The van der Waals surface area contributed by atoms with Crippen molar-refractivity contribution in [2.24, 2.45) is 0 Å². The molecule has 0 bridgehead atoms. The average Bonchev–Trinajstić information content (AvgIpc) is 2.91. The average molecular weight is 492 g/mol. The number of hydrogen-bond donors (Lipinski definition) is 2. The van der Waals surface area contributed by atoms with Gasteiger partial charge in [-0.05, 0) is 77.9 Å². The summed E-state index contributed by atoms with van der Waals surface area (Å²) in [6.07, 6.45) is 2.04. The van der Waals surface area contributed by atoms with Gasteiger partial charge in [-0.25, -0.2) is 4.79 Å². The van der Waals surface area contributed by atoms with Gasteiger partial charge in [0.1, 0.15) is 0 Å². The van der Waals surface area contributed by atoms with Gasteiger partial charge < -0.3 is 24.6 Å². The summed E-state index contributed by atoms with van der Waals surface area (Å²) < 4.78 is 12.4. The lowest BCUT2D eigenvalue weighted by molar-refractivity contribution is 0.00578. The highest BCUT2D eigenvalue weighted by molar-refractivity contribution is 6.62. The molecule has 1 unspecified atom stereocenters. The summed E-state index contributed by atoms with van der Waals surface area (Å²) in [5.41, 5.74) is 0.739. The first-order valence-corrected chi connectivity index (χ1v) is 13.1. The normalized spacial score (nSPS) is 24.8. The van der Waals surface area contributed by atoms with Crippen LogP contribution in [-0.2, 0) is 14.8 Å². The van der Waals surface area contributed by atoms with E-state index in [9.17, 15) is 9.90 Å². The number of benzene rings is 2. The maximum absolute atomic E-state index is 13.6. The molecule has 2 saturated heterocycles. The SMILES string of the molecule is C[C@@H](c1ccc(B2OC(C)(C)C(C)(C)O2)cc1)N1CCCC(CC(C)(C)O)(c2ccccc2)NC1=O. The Hall–Kier alpha value is -2.35. The van der Waals surface area contributed by atoms with Crippen molar-refractivity contribution in [1.82, 2.24) is 10.2 Å². The van der Waals surface area contributed by atoms with Crippen LogP contribution in [0, 0.1) is 0 Å². The number of urea groups is 1. The van der Waals surface area contributed by atoms with E-state index >= 15 is 0 Å². The topological polar surface area (TPSA) is 71.0 Å². The first kappa shape index (κ1) is 26.7. The molecule has 2 aliphatic rings. The van der Waals surface area contributed by atoms with E-state index in [1.165, 1.54) is 0 Å². The summed E-state index contributed by atoms with van der Waals surface area (Å²) in [5, 5.41) is 14.0. The van der Waals surface area contributed by atoms with Crippen molar-refractivity contribution in [3.8, 4) is 0 Å². The van der Waals surface area contributed by atoms with E-state index in [2.05, 4.69) is 52.1 Å². The Morgan fingerprint density at radius 1 is 1.03 bits per heavy atom. The molecule has 0 saturated carbocycles. The minimum Gasteiger partial charge on any atom is -0.399 e. The second-order valence-electron chi connectivity index (χ2n) is 12.1. The number of nitrogens with one attached hydrogen (secondary N) is 1. The van der Waals surface area contributed by atoms with Crippen LogP contribution < -0.4 is 10.8 Å². The highest BCUT2D eigenvalue weighted by atomic mass is 16.7. The van der Waals surface area contributed by atoms with Gasteiger partial charge in [-0.3, -0.25) is 0 Å².